The van der Waals surface area contributed by atoms with Crippen LogP contribution in [-0.4, -0.2) is 75.6 Å². The summed E-state index contributed by atoms with van der Waals surface area (Å²) in [6.45, 7) is 4.55. The average molecular weight is 553 g/mol. The van der Waals surface area contributed by atoms with Gasteiger partial charge in [-0.2, -0.15) is 0 Å². The highest BCUT2D eigenvalue weighted by Gasteiger charge is 2.25. The smallest absolute Gasteiger partial charge is 0.463 e. The van der Waals surface area contributed by atoms with Crippen molar-refractivity contribution in [3.8, 4) is 0 Å². The van der Waals surface area contributed by atoms with E-state index >= 15 is 0 Å². The Hall–Kier alpha value is -0.500. The van der Waals surface area contributed by atoms with E-state index in [-0.39, 0.29) is 19.8 Å². The highest BCUT2D eigenvalue weighted by molar-refractivity contribution is 7.47. The lowest BCUT2D eigenvalue weighted by atomic mass is 10.0. The Balaban J connectivity index is 3.82. The molecular formula is C28H59NO7P+. The van der Waals surface area contributed by atoms with Crippen LogP contribution in [0, 0.1) is 0 Å². The summed E-state index contributed by atoms with van der Waals surface area (Å²) in [5.74, 6) is -0.428. The number of quaternary nitrogens is 1. The van der Waals surface area contributed by atoms with Crippen LogP contribution in [0.25, 0.3) is 0 Å². The van der Waals surface area contributed by atoms with Crippen molar-refractivity contribution in [3.63, 3.8) is 0 Å². The van der Waals surface area contributed by atoms with Crippen molar-refractivity contribution in [1.29, 1.82) is 0 Å². The van der Waals surface area contributed by atoms with E-state index in [4.69, 9.17) is 18.5 Å². The number of hydrogen-bond acceptors (Lipinski definition) is 6. The molecule has 0 aromatic carbocycles. The summed E-state index contributed by atoms with van der Waals surface area (Å²) in [4.78, 5) is 21.1. The zero-order chi connectivity index (χ0) is 27.8. The molecule has 9 heteroatoms. The minimum absolute atomic E-state index is 0.0208. The molecule has 222 valence electrons. The number of ether oxygens (including phenoxy) is 2. The Labute approximate surface area is 228 Å². The first-order valence-electron chi connectivity index (χ1n) is 14.7. The normalized spacial score (nSPS) is 14.4. The maximum atomic E-state index is 12.1. The highest BCUT2D eigenvalue weighted by atomic mass is 31.2. The van der Waals surface area contributed by atoms with Gasteiger partial charge in [0.05, 0.1) is 27.7 Å². The molecule has 0 radical (unpaired) electrons. The van der Waals surface area contributed by atoms with Gasteiger partial charge in [0.25, 0.3) is 0 Å². The maximum absolute atomic E-state index is 12.1. The van der Waals surface area contributed by atoms with Gasteiger partial charge in [-0.1, -0.05) is 103 Å². The molecule has 0 bridgehead atoms. The summed E-state index contributed by atoms with van der Waals surface area (Å²) in [5, 5.41) is 0. The summed E-state index contributed by atoms with van der Waals surface area (Å²) >= 11 is 0. The number of esters is 1. The summed E-state index contributed by atoms with van der Waals surface area (Å²) in [7, 11) is 1.71. The van der Waals surface area contributed by atoms with E-state index < -0.39 is 19.9 Å². The number of unbranched alkanes of at least 4 members (excludes halogenated alkanes) is 15. The molecule has 37 heavy (non-hydrogen) atoms. The lowest BCUT2D eigenvalue weighted by Crippen LogP contribution is -2.37. The van der Waals surface area contributed by atoms with Gasteiger partial charge in [0.2, 0.25) is 0 Å². The third kappa shape index (κ3) is 28.3. The Morgan fingerprint density at radius 2 is 1.19 bits per heavy atom. The topological polar surface area (TPSA) is 91.3 Å². The number of phosphoric ester groups is 1. The number of likely N-dealkylation sites (N-methyl/N-ethyl adjacent to an activating group) is 1. The van der Waals surface area contributed by atoms with Crippen molar-refractivity contribution in [2.24, 2.45) is 0 Å². The molecule has 0 aromatic heterocycles. The second-order valence-corrected chi connectivity index (χ2v) is 12.7. The van der Waals surface area contributed by atoms with Crippen molar-refractivity contribution in [3.05, 3.63) is 0 Å². The van der Waals surface area contributed by atoms with E-state index in [1.807, 2.05) is 21.1 Å². The van der Waals surface area contributed by atoms with E-state index in [0.29, 0.717) is 17.6 Å². The van der Waals surface area contributed by atoms with Crippen molar-refractivity contribution in [2.45, 2.75) is 123 Å². The van der Waals surface area contributed by atoms with Crippen molar-refractivity contribution in [2.75, 3.05) is 54.1 Å². The fourth-order valence-electron chi connectivity index (χ4n) is 3.90. The second kappa shape index (κ2) is 23.4. The third-order valence-electron chi connectivity index (χ3n) is 6.26. The quantitative estimate of drug-likeness (QED) is 0.0506. The van der Waals surface area contributed by atoms with Gasteiger partial charge in [-0.3, -0.25) is 13.8 Å². The van der Waals surface area contributed by atoms with Crippen molar-refractivity contribution >= 4 is 13.8 Å². The number of carbonyl (C=O) groups is 1. The maximum Gasteiger partial charge on any atom is 0.472 e. The van der Waals surface area contributed by atoms with Gasteiger partial charge in [0.15, 0.2) is 0 Å². The van der Waals surface area contributed by atoms with Gasteiger partial charge >= 0.3 is 13.8 Å². The monoisotopic (exact) mass is 552 g/mol. The van der Waals surface area contributed by atoms with Crippen LogP contribution in [0.4, 0.5) is 0 Å². The van der Waals surface area contributed by atoms with Crippen LogP contribution < -0.4 is 0 Å². The molecule has 1 N–H and O–H groups in total. The number of rotatable bonds is 27. The summed E-state index contributed by atoms with van der Waals surface area (Å²) < 4.78 is 33.6. The number of carbonyl (C=O) groups excluding carboxylic acids is 1. The van der Waals surface area contributed by atoms with Gasteiger partial charge in [-0.25, -0.2) is 4.57 Å². The largest absolute Gasteiger partial charge is 0.472 e. The first kappa shape index (κ1) is 36.5. The average Bonchev–Trinajstić information content (AvgIpc) is 2.81. The molecule has 0 saturated carbocycles. The van der Waals surface area contributed by atoms with E-state index in [0.717, 1.165) is 12.8 Å². The SMILES string of the molecule is CCCCCCCCCCCCCCCCCCO[C@@H](COC(C)=O)COP(=O)(O)OCC[N+](C)(C)C. The Morgan fingerprint density at radius 1 is 0.730 bits per heavy atom. The number of nitrogens with zero attached hydrogens (tertiary/aromatic N) is 1. The molecule has 0 amide bonds. The first-order valence-corrected chi connectivity index (χ1v) is 16.2. The fraction of sp³-hybridized carbons (Fsp3) is 0.964. The molecule has 0 aliphatic heterocycles. The predicted molar refractivity (Wildman–Crippen MR) is 151 cm³/mol. The number of hydrogen-bond donors (Lipinski definition) is 1. The Kier molecular flexibility index (Phi) is 23.1. The molecular weight excluding hydrogens is 493 g/mol. The highest BCUT2D eigenvalue weighted by Crippen LogP contribution is 2.43. The molecule has 0 aliphatic rings. The van der Waals surface area contributed by atoms with E-state index in [1.54, 1.807) is 0 Å². The van der Waals surface area contributed by atoms with Gasteiger partial charge in [-0.05, 0) is 6.42 Å². The zero-order valence-electron chi connectivity index (χ0n) is 24.7. The first-order chi connectivity index (χ1) is 17.6. The minimum atomic E-state index is -4.19. The minimum Gasteiger partial charge on any atom is -0.463 e. The third-order valence-corrected chi connectivity index (χ3v) is 7.25. The Morgan fingerprint density at radius 3 is 1.62 bits per heavy atom. The standard InChI is InChI=1S/C28H58NO7P/c1-6-7-8-9-10-11-12-13-14-15-16-17-18-19-20-21-23-33-28(25-34-27(2)30)26-36-37(31,32)35-24-22-29(3,4)5/h28H,6-26H2,1-5H3/p+1/t28-/m0/s1. The van der Waals surface area contributed by atoms with Crippen LogP contribution in [0.2, 0.25) is 0 Å². The van der Waals surface area contributed by atoms with Crippen LogP contribution >= 0.6 is 7.82 Å². The van der Waals surface area contributed by atoms with Gasteiger partial charge in [-0.15, -0.1) is 0 Å². The van der Waals surface area contributed by atoms with E-state index in [9.17, 15) is 14.3 Å². The summed E-state index contributed by atoms with van der Waals surface area (Å²) in [6.07, 6.45) is 20.3. The lowest BCUT2D eigenvalue weighted by molar-refractivity contribution is -0.870. The second-order valence-electron chi connectivity index (χ2n) is 11.2. The van der Waals surface area contributed by atoms with Crippen LogP contribution in [0.5, 0.6) is 0 Å². The molecule has 0 aliphatic carbocycles. The van der Waals surface area contributed by atoms with E-state index in [2.05, 4.69) is 6.92 Å². The molecule has 0 spiro atoms. The molecule has 0 fully saturated rings. The van der Waals surface area contributed by atoms with Crippen LogP contribution in [0.1, 0.15) is 117 Å². The molecule has 1 unspecified atom stereocenters. The van der Waals surface area contributed by atoms with Crippen LogP contribution in [-0.2, 0) is 27.9 Å². The molecule has 8 nitrogen and oxygen atoms in total. The molecule has 2 atom stereocenters. The van der Waals surface area contributed by atoms with Gasteiger partial charge < -0.3 is 18.9 Å². The molecule has 0 heterocycles. The summed E-state index contributed by atoms with van der Waals surface area (Å²) in [5.41, 5.74) is 0. The molecule has 0 saturated heterocycles. The van der Waals surface area contributed by atoms with Crippen LogP contribution in [0.15, 0.2) is 0 Å². The predicted octanol–water partition coefficient (Wildman–Crippen LogP) is 7.04. The van der Waals surface area contributed by atoms with Gasteiger partial charge in [0.1, 0.15) is 25.9 Å². The zero-order valence-corrected chi connectivity index (χ0v) is 25.6. The fourth-order valence-corrected chi connectivity index (χ4v) is 4.64. The number of phosphoric acid groups is 1. The summed E-state index contributed by atoms with van der Waals surface area (Å²) in [6, 6.07) is 0. The van der Waals surface area contributed by atoms with Crippen molar-refractivity contribution < 1.29 is 37.3 Å². The molecule has 0 rings (SSSR count). The van der Waals surface area contributed by atoms with Crippen LogP contribution in [0.3, 0.4) is 0 Å². The lowest BCUT2D eigenvalue weighted by Gasteiger charge is -2.24. The van der Waals surface area contributed by atoms with Crippen molar-refractivity contribution in [1.82, 2.24) is 0 Å². The van der Waals surface area contributed by atoms with Gasteiger partial charge in [0, 0.05) is 13.5 Å². The molecule has 0 aromatic rings. The Bertz CT molecular complexity index is 583. The van der Waals surface area contributed by atoms with E-state index in [1.165, 1.54) is 96.8 Å².